The largest absolute Gasteiger partial charge is 0.451 e. The average Bonchev–Trinajstić information content (AvgIpc) is 3.16. The summed E-state index contributed by atoms with van der Waals surface area (Å²) in [6, 6.07) is 0.0659. The fourth-order valence-corrected chi connectivity index (χ4v) is 2.92. The second kappa shape index (κ2) is 7.87. The molecule has 0 unspecified atom stereocenters. The summed E-state index contributed by atoms with van der Waals surface area (Å²) in [5.74, 6) is -0.234. The highest BCUT2D eigenvalue weighted by atomic mass is 16.3. The lowest BCUT2D eigenvalue weighted by Crippen LogP contribution is -2.40. The molecule has 2 amide bonds. The van der Waals surface area contributed by atoms with Gasteiger partial charge in [-0.1, -0.05) is 0 Å². The Morgan fingerprint density at radius 2 is 1.96 bits per heavy atom. The van der Waals surface area contributed by atoms with E-state index in [1.54, 1.807) is 12.4 Å². The molecule has 132 valence electrons. The van der Waals surface area contributed by atoms with Crippen LogP contribution in [0.25, 0.3) is 0 Å². The van der Waals surface area contributed by atoms with Crippen LogP contribution in [0.1, 0.15) is 47.6 Å². The smallest absolute Gasteiger partial charge is 0.273 e. The van der Waals surface area contributed by atoms with E-state index in [0.717, 1.165) is 37.1 Å². The van der Waals surface area contributed by atoms with E-state index in [9.17, 15) is 9.59 Å². The van der Waals surface area contributed by atoms with Gasteiger partial charge in [-0.3, -0.25) is 19.6 Å². The summed E-state index contributed by atoms with van der Waals surface area (Å²) < 4.78 is 4.81. The first-order valence-corrected chi connectivity index (χ1v) is 8.36. The quantitative estimate of drug-likeness (QED) is 0.848. The molecule has 2 aromatic rings. The van der Waals surface area contributed by atoms with Crippen molar-refractivity contribution in [3.05, 3.63) is 42.1 Å². The number of amides is 2. The van der Waals surface area contributed by atoms with E-state index >= 15 is 0 Å². The summed E-state index contributed by atoms with van der Waals surface area (Å²) in [6.07, 6.45) is 8.94. The van der Waals surface area contributed by atoms with Crippen LogP contribution < -0.4 is 10.6 Å². The maximum Gasteiger partial charge on any atom is 0.273 e. The standard InChI is InChI=1S/C17H21N5O3/c1-11-6-19-14(7-18-11)8-20-16(23)12-2-4-13(5-3-12)22-17(24)15-9-25-10-21-15/h6-7,9-10,12-13H,2-5,8H2,1H3,(H,20,23)(H,22,24). The number of hydrogen-bond donors (Lipinski definition) is 2. The van der Waals surface area contributed by atoms with Crippen LogP contribution >= 0.6 is 0 Å². The van der Waals surface area contributed by atoms with Crippen molar-refractivity contribution in [1.29, 1.82) is 0 Å². The van der Waals surface area contributed by atoms with Gasteiger partial charge in [0, 0.05) is 18.2 Å². The number of nitrogens with zero attached hydrogens (tertiary/aromatic N) is 3. The Balaban J connectivity index is 1.41. The number of nitrogens with one attached hydrogen (secondary N) is 2. The fourth-order valence-electron chi connectivity index (χ4n) is 2.92. The van der Waals surface area contributed by atoms with Crippen molar-refractivity contribution in [3.8, 4) is 0 Å². The molecule has 8 heteroatoms. The first-order chi connectivity index (χ1) is 12.1. The third kappa shape index (κ3) is 4.62. The monoisotopic (exact) mass is 343 g/mol. The molecule has 0 radical (unpaired) electrons. The van der Waals surface area contributed by atoms with Crippen molar-refractivity contribution in [3.63, 3.8) is 0 Å². The molecule has 0 atom stereocenters. The van der Waals surface area contributed by atoms with Crippen LogP contribution in [0.3, 0.4) is 0 Å². The van der Waals surface area contributed by atoms with Crippen LogP contribution in [0.15, 0.2) is 29.5 Å². The molecule has 3 rings (SSSR count). The Kier molecular flexibility index (Phi) is 5.37. The topological polar surface area (TPSA) is 110 Å². The summed E-state index contributed by atoms with van der Waals surface area (Å²) in [6.45, 7) is 2.25. The molecular formula is C17H21N5O3. The first kappa shape index (κ1) is 17.1. The van der Waals surface area contributed by atoms with Crippen molar-refractivity contribution in [1.82, 2.24) is 25.6 Å². The molecule has 1 saturated carbocycles. The highest BCUT2D eigenvalue weighted by Crippen LogP contribution is 2.24. The number of carbonyl (C=O) groups is 2. The minimum atomic E-state index is -0.236. The summed E-state index contributed by atoms with van der Waals surface area (Å²) in [5.41, 5.74) is 1.87. The third-order valence-corrected chi connectivity index (χ3v) is 4.38. The summed E-state index contributed by atoms with van der Waals surface area (Å²) in [7, 11) is 0. The number of hydrogen-bond acceptors (Lipinski definition) is 6. The molecular weight excluding hydrogens is 322 g/mol. The van der Waals surface area contributed by atoms with Crippen LogP contribution in [0.2, 0.25) is 0 Å². The predicted octanol–water partition coefficient (Wildman–Crippen LogP) is 1.38. The van der Waals surface area contributed by atoms with Gasteiger partial charge in [-0.15, -0.1) is 0 Å². The maximum absolute atomic E-state index is 12.3. The van der Waals surface area contributed by atoms with E-state index < -0.39 is 0 Å². The molecule has 2 aromatic heterocycles. The van der Waals surface area contributed by atoms with Crippen molar-refractivity contribution in [2.45, 2.75) is 45.2 Å². The lowest BCUT2D eigenvalue weighted by Gasteiger charge is -2.28. The molecule has 1 aliphatic rings. The normalized spacial score (nSPS) is 20.0. The molecule has 0 aromatic carbocycles. The van der Waals surface area contributed by atoms with Crippen LogP contribution in [-0.2, 0) is 11.3 Å². The number of carbonyl (C=O) groups excluding carboxylic acids is 2. The van der Waals surface area contributed by atoms with Gasteiger partial charge < -0.3 is 15.1 Å². The zero-order valence-corrected chi connectivity index (χ0v) is 14.1. The number of aromatic nitrogens is 3. The van der Waals surface area contributed by atoms with E-state index in [-0.39, 0.29) is 29.5 Å². The van der Waals surface area contributed by atoms with Gasteiger partial charge in [0.25, 0.3) is 5.91 Å². The summed E-state index contributed by atoms with van der Waals surface area (Å²) in [4.78, 5) is 36.4. The summed E-state index contributed by atoms with van der Waals surface area (Å²) >= 11 is 0. The molecule has 1 aliphatic carbocycles. The van der Waals surface area contributed by atoms with E-state index in [1.165, 1.54) is 12.7 Å². The minimum Gasteiger partial charge on any atom is -0.451 e. The van der Waals surface area contributed by atoms with Crippen molar-refractivity contribution >= 4 is 11.8 Å². The minimum absolute atomic E-state index is 0.0291. The SMILES string of the molecule is Cc1cnc(CNC(=O)C2CCC(NC(=O)c3cocn3)CC2)cn1. The molecule has 0 bridgehead atoms. The number of oxazole rings is 1. The zero-order valence-electron chi connectivity index (χ0n) is 14.1. The van der Waals surface area contributed by atoms with Gasteiger partial charge in [0.1, 0.15) is 6.26 Å². The molecule has 0 spiro atoms. The number of rotatable bonds is 5. The van der Waals surface area contributed by atoms with Gasteiger partial charge in [-0.25, -0.2) is 4.98 Å². The van der Waals surface area contributed by atoms with E-state index in [4.69, 9.17) is 4.42 Å². The molecule has 0 saturated heterocycles. The van der Waals surface area contributed by atoms with Crippen molar-refractivity contribution < 1.29 is 14.0 Å². The Labute approximate surface area is 145 Å². The zero-order chi connectivity index (χ0) is 17.6. The molecule has 0 aliphatic heterocycles. The first-order valence-electron chi connectivity index (χ1n) is 8.36. The lowest BCUT2D eigenvalue weighted by molar-refractivity contribution is -0.126. The molecule has 8 nitrogen and oxygen atoms in total. The van der Waals surface area contributed by atoms with Crippen LogP contribution in [-0.4, -0.2) is 32.8 Å². The van der Waals surface area contributed by atoms with Crippen molar-refractivity contribution in [2.24, 2.45) is 5.92 Å². The molecule has 2 N–H and O–H groups in total. The van der Waals surface area contributed by atoms with Crippen molar-refractivity contribution in [2.75, 3.05) is 0 Å². The Bertz CT molecular complexity index is 706. The van der Waals surface area contributed by atoms with E-state index in [2.05, 4.69) is 25.6 Å². The van der Waals surface area contributed by atoms with Gasteiger partial charge in [0.2, 0.25) is 5.91 Å². The third-order valence-electron chi connectivity index (χ3n) is 4.38. The van der Waals surface area contributed by atoms with Crippen LogP contribution in [0.4, 0.5) is 0 Å². The van der Waals surface area contributed by atoms with Crippen LogP contribution in [0.5, 0.6) is 0 Å². The Hall–Kier alpha value is -2.77. The van der Waals surface area contributed by atoms with Gasteiger partial charge in [0.15, 0.2) is 12.1 Å². The average molecular weight is 343 g/mol. The van der Waals surface area contributed by atoms with Gasteiger partial charge in [-0.2, -0.15) is 0 Å². The highest BCUT2D eigenvalue weighted by molar-refractivity contribution is 5.92. The van der Waals surface area contributed by atoms with Gasteiger partial charge >= 0.3 is 0 Å². The van der Waals surface area contributed by atoms with E-state index in [1.807, 2.05) is 6.92 Å². The summed E-state index contributed by atoms with van der Waals surface area (Å²) in [5, 5.41) is 5.85. The maximum atomic E-state index is 12.3. The molecule has 25 heavy (non-hydrogen) atoms. The highest BCUT2D eigenvalue weighted by Gasteiger charge is 2.27. The van der Waals surface area contributed by atoms with Gasteiger partial charge in [0.05, 0.1) is 24.1 Å². The second-order valence-electron chi connectivity index (χ2n) is 6.26. The predicted molar refractivity (Wildman–Crippen MR) is 88.3 cm³/mol. The second-order valence-corrected chi connectivity index (χ2v) is 6.26. The van der Waals surface area contributed by atoms with Gasteiger partial charge in [-0.05, 0) is 32.6 Å². The fraction of sp³-hybridized carbons (Fsp3) is 0.471. The van der Waals surface area contributed by atoms with E-state index in [0.29, 0.717) is 6.54 Å². The lowest BCUT2D eigenvalue weighted by atomic mass is 9.85. The number of aryl methyl sites for hydroxylation is 1. The molecule has 2 heterocycles. The Morgan fingerprint density at radius 3 is 2.60 bits per heavy atom. The van der Waals surface area contributed by atoms with Crippen LogP contribution in [0, 0.1) is 12.8 Å². The Morgan fingerprint density at radius 1 is 1.16 bits per heavy atom. The molecule has 1 fully saturated rings.